The molecule has 0 saturated heterocycles. The summed E-state index contributed by atoms with van der Waals surface area (Å²) in [5.41, 5.74) is 6.38. The zero-order valence-corrected chi connectivity index (χ0v) is 11.3. The molecule has 6 heteroatoms. The number of carbonyl (C=O) groups excluding carboxylic acids is 2. The first kappa shape index (κ1) is 14.2. The monoisotopic (exact) mass is 278 g/mol. The van der Waals surface area contributed by atoms with Crippen LogP contribution in [0.15, 0.2) is 18.2 Å². The molecule has 1 aliphatic rings. The van der Waals surface area contributed by atoms with Crippen LogP contribution in [0.3, 0.4) is 0 Å². The predicted molar refractivity (Wildman–Crippen MR) is 73.5 cm³/mol. The Balaban J connectivity index is 2.02. The molecule has 1 amide bonds. The largest absolute Gasteiger partial charge is 0.483 e. The van der Waals surface area contributed by atoms with Gasteiger partial charge in [0.25, 0.3) is 5.91 Å². The van der Waals surface area contributed by atoms with Crippen molar-refractivity contribution in [1.29, 1.82) is 0 Å². The Bertz CT molecular complexity index is 512. The Morgan fingerprint density at radius 3 is 2.80 bits per heavy atom. The summed E-state index contributed by atoms with van der Waals surface area (Å²) in [6.45, 7) is 1.84. The van der Waals surface area contributed by atoms with E-state index in [0.717, 1.165) is 12.8 Å². The molecule has 2 rings (SSSR count). The van der Waals surface area contributed by atoms with Crippen LogP contribution in [0.2, 0.25) is 0 Å². The smallest absolute Gasteiger partial charge is 0.341 e. The van der Waals surface area contributed by atoms with E-state index >= 15 is 0 Å². The SMILES string of the molecule is CCOC(=O)c1ccc(N)cc1OCC(=O)NC1CC1. The first-order chi connectivity index (χ1) is 9.60. The molecule has 0 heterocycles. The molecule has 108 valence electrons. The molecule has 0 unspecified atom stereocenters. The van der Waals surface area contributed by atoms with Crippen molar-refractivity contribution in [2.75, 3.05) is 18.9 Å². The lowest BCUT2D eigenvalue weighted by atomic mass is 10.2. The van der Waals surface area contributed by atoms with Crippen molar-refractivity contribution in [3.63, 3.8) is 0 Å². The second-order valence-electron chi connectivity index (χ2n) is 4.61. The van der Waals surface area contributed by atoms with Crippen molar-refractivity contribution >= 4 is 17.6 Å². The Morgan fingerprint density at radius 2 is 2.15 bits per heavy atom. The first-order valence-electron chi connectivity index (χ1n) is 6.59. The van der Waals surface area contributed by atoms with Crippen LogP contribution in [-0.4, -0.2) is 31.1 Å². The highest BCUT2D eigenvalue weighted by Gasteiger charge is 2.23. The van der Waals surface area contributed by atoms with Gasteiger partial charge in [-0.05, 0) is 31.9 Å². The number of amides is 1. The summed E-state index contributed by atoms with van der Waals surface area (Å²) in [4.78, 5) is 23.3. The third-order valence-corrected chi connectivity index (χ3v) is 2.80. The molecular formula is C14H18N2O4. The molecule has 1 aliphatic carbocycles. The number of benzene rings is 1. The van der Waals surface area contributed by atoms with Crippen LogP contribution < -0.4 is 15.8 Å². The van der Waals surface area contributed by atoms with E-state index in [-0.39, 0.29) is 36.5 Å². The molecule has 1 aromatic rings. The van der Waals surface area contributed by atoms with E-state index < -0.39 is 5.97 Å². The van der Waals surface area contributed by atoms with Crippen molar-refractivity contribution in [2.45, 2.75) is 25.8 Å². The zero-order valence-electron chi connectivity index (χ0n) is 11.3. The van der Waals surface area contributed by atoms with Crippen molar-refractivity contribution in [1.82, 2.24) is 5.32 Å². The summed E-state index contributed by atoms with van der Waals surface area (Å²) in [7, 11) is 0. The van der Waals surface area contributed by atoms with Gasteiger partial charge in [-0.2, -0.15) is 0 Å². The Labute approximate surface area is 117 Å². The average molecular weight is 278 g/mol. The number of ether oxygens (including phenoxy) is 2. The Kier molecular flexibility index (Phi) is 4.45. The molecular weight excluding hydrogens is 260 g/mol. The van der Waals surface area contributed by atoms with Crippen LogP contribution in [0, 0.1) is 0 Å². The number of rotatable bonds is 6. The second kappa shape index (κ2) is 6.27. The fourth-order valence-electron chi connectivity index (χ4n) is 1.68. The Morgan fingerprint density at radius 1 is 1.40 bits per heavy atom. The van der Waals surface area contributed by atoms with E-state index in [1.807, 2.05) is 0 Å². The number of carbonyl (C=O) groups is 2. The van der Waals surface area contributed by atoms with Gasteiger partial charge in [-0.15, -0.1) is 0 Å². The summed E-state index contributed by atoms with van der Waals surface area (Å²) in [5.74, 6) is -0.441. The molecule has 6 nitrogen and oxygen atoms in total. The zero-order chi connectivity index (χ0) is 14.5. The van der Waals surface area contributed by atoms with Crippen molar-refractivity contribution in [3.05, 3.63) is 23.8 Å². The van der Waals surface area contributed by atoms with Gasteiger partial charge < -0.3 is 20.5 Å². The molecule has 20 heavy (non-hydrogen) atoms. The van der Waals surface area contributed by atoms with Crippen LogP contribution in [0.25, 0.3) is 0 Å². The van der Waals surface area contributed by atoms with E-state index in [4.69, 9.17) is 15.2 Å². The fraction of sp³-hybridized carbons (Fsp3) is 0.429. The molecule has 0 aliphatic heterocycles. The van der Waals surface area contributed by atoms with Gasteiger partial charge in [-0.25, -0.2) is 4.79 Å². The molecule has 0 aromatic heterocycles. The summed E-state index contributed by atoms with van der Waals surface area (Å²) >= 11 is 0. The maximum atomic E-state index is 11.8. The van der Waals surface area contributed by atoms with Gasteiger partial charge >= 0.3 is 5.97 Å². The maximum absolute atomic E-state index is 11.8. The predicted octanol–water partition coefficient (Wildman–Crippen LogP) is 1.10. The van der Waals surface area contributed by atoms with E-state index in [9.17, 15) is 9.59 Å². The molecule has 1 aromatic carbocycles. The fourth-order valence-corrected chi connectivity index (χ4v) is 1.68. The standard InChI is InChI=1S/C14H18N2O4/c1-2-19-14(18)11-6-3-9(15)7-12(11)20-8-13(17)16-10-4-5-10/h3,6-7,10H,2,4-5,8,15H2,1H3,(H,16,17). The number of nitrogen functional groups attached to an aromatic ring is 1. The van der Waals surface area contributed by atoms with Gasteiger partial charge in [0.15, 0.2) is 6.61 Å². The minimum absolute atomic E-state index is 0.146. The van der Waals surface area contributed by atoms with Crippen LogP contribution in [0.5, 0.6) is 5.75 Å². The second-order valence-corrected chi connectivity index (χ2v) is 4.61. The van der Waals surface area contributed by atoms with Crippen molar-refractivity contribution in [3.8, 4) is 5.75 Å². The lowest BCUT2D eigenvalue weighted by Gasteiger charge is -2.11. The lowest BCUT2D eigenvalue weighted by Crippen LogP contribution is -2.30. The van der Waals surface area contributed by atoms with Gasteiger partial charge in [0.2, 0.25) is 0 Å². The number of nitrogens with one attached hydrogen (secondary N) is 1. The number of nitrogens with two attached hydrogens (primary N) is 1. The highest BCUT2D eigenvalue weighted by atomic mass is 16.5. The maximum Gasteiger partial charge on any atom is 0.341 e. The van der Waals surface area contributed by atoms with Gasteiger partial charge in [0, 0.05) is 17.8 Å². The number of hydrogen-bond donors (Lipinski definition) is 2. The van der Waals surface area contributed by atoms with Gasteiger partial charge in [-0.1, -0.05) is 0 Å². The van der Waals surface area contributed by atoms with E-state index in [0.29, 0.717) is 5.69 Å². The van der Waals surface area contributed by atoms with E-state index in [1.165, 1.54) is 12.1 Å². The highest BCUT2D eigenvalue weighted by molar-refractivity contribution is 5.93. The molecule has 1 fully saturated rings. The van der Waals surface area contributed by atoms with E-state index in [2.05, 4.69) is 5.32 Å². The summed E-state index contributed by atoms with van der Waals surface area (Å²) in [6, 6.07) is 4.90. The molecule has 3 N–H and O–H groups in total. The van der Waals surface area contributed by atoms with Gasteiger partial charge in [-0.3, -0.25) is 4.79 Å². The summed E-state index contributed by atoms with van der Waals surface area (Å²) in [6.07, 6.45) is 2.02. The molecule has 0 spiro atoms. The molecule has 0 bridgehead atoms. The topological polar surface area (TPSA) is 90.7 Å². The van der Waals surface area contributed by atoms with Crippen LogP contribution >= 0.6 is 0 Å². The normalized spacial score (nSPS) is 13.7. The van der Waals surface area contributed by atoms with Crippen LogP contribution in [-0.2, 0) is 9.53 Å². The number of esters is 1. The number of anilines is 1. The molecule has 1 saturated carbocycles. The van der Waals surface area contributed by atoms with Crippen LogP contribution in [0.4, 0.5) is 5.69 Å². The minimum atomic E-state index is -0.495. The minimum Gasteiger partial charge on any atom is -0.483 e. The number of hydrogen-bond acceptors (Lipinski definition) is 5. The first-order valence-corrected chi connectivity index (χ1v) is 6.59. The Hall–Kier alpha value is -2.24. The molecule has 0 radical (unpaired) electrons. The quantitative estimate of drug-likeness (QED) is 0.600. The van der Waals surface area contributed by atoms with Crippen molar-refractivity contribution in [2.24, 2.45) is 0 Å². The lowest BCUT2D eigenvalue weighted by molar-refractivity contribution is -0.123. The average Bonchev–Trinajstić information content (AvgIpc) is 3.20. The molecule has 0 atom stereocenters. The summed E-state index contributed by atoms with van der Waals surface area (Å²) < 4.78 is 10.3. The third kappa shape index (κ3) is 3.88. The highest BCUT2D eigenvalue weighted by Crippen LogP contribution is 2.23. The summed E-state index contributed by atoms with van der Waals surface area (Å²) in [5, 5.41) is 2.80. The van der Waals surface area contributed by atoms with E-state index in [1.54, 1.807) is 13.0 Å². The van der Waals surface area contributed by atoms with Crippen molar-refractivity contribution < 1.29 is 19.1 Å². The van der Waals surface area contributed by atoms with Gasteiger partial charge in [0.1, 0.15) is 11.3 Å². The van der Waals surface area contributed by atoms with Gasteiger partial charge in [0.05, 0.1) is 6.61 Å². The van der Waals surface area contributed by atoms with Crippen LogP contribution in [0.1, 0.15) is 30.1 Å². The third-order valence-electron chi connectivity index (χ3n) is 2.80.